The Kier molecular flexibility index (Phi) is 5.21. The first kappa shape index (κ1) is 17.9. The van der Waals surface area contributed by atoms with Crippen molar-refractivity contribution in [2.24, 2.45) is 7.05 Å². The highest BCUT2D eigenvalue weighted by atomic mass is 19.3. The van der Waals surface area contributed by atoms with Gasteiger partial charge in [0.05, 0.1) is 6.20 Å². The molecule has 1 atom stereocenters. The van der Waals surface area contributed by atoms with E-state index in [0.717, 1.165) is 0 Å². The molecule has 3 rings (SSSR count). The molecule has 1 aliphatic heterocycles. The van der Waals surface area contributed by atoms with Crippen molar-refractivity contribution in [2.45, 2.75) is 19.2 Å². The third-order valence-electron chi connectivity index (χ3n) is 3.83. The number of halogens is 2. The zero-order valence-corrected chi connectivity index (χ0v) is 14.2. The fourth-order valence-electron chi connectivity index (χ4n) is 2.63. The van der Waals surface area contributed by atoms with Gasteiger partial charge in [0.1, 0.15) is 11.8 Å². The summed E-state index contributed by atoms with van der Waals surface area (Å²) in [6, 6.07) is 2.21. The van der Waals surface area contributed by atoms with Gasteiger partial charge in [-0.15, -0.1) is 0 Å². The van der Waals surface area contributed by atoms with E-state index in [4.69, 9.17) is 9.47 Å². The Hall–Kier alpha value is -2.88. The summed E-state index contributed by atoms with van der Waals surface area (Å²) in [5.41, 5.74) is 1.03. The van der Waals surface area contributed by atoms with Crippen LogP contribution in [-0.4, -0.2) is 36.1 Å². The molecule has 1 aliphatic rings. The van der Waals surface area contributed by atoms with Crippen LogP contribution in [0.15, 0.2) is 24.5 Å². The minimum atomic E-state index is -3.00. The van der Waals surface area contributed by atoms with E-state index < -0.39 is 12.7 Å². The fourth-order valence-corrected chi connectivity index (χ4v) is 2.63. The topological polar surface area (TPSA) is 86.6 Å². The summed E-state index contributed by atoms with van der Waals surface area (Å²) in [5, 5.41) is 9.63. The highest BCUT2D eigenvalue weighted by Gasteiger charge is 2.23. The number of carbonyl (C=O) groups is 1. The maximum atomic E-state index is 12.7. The number of carbonyl (C=O) groups excluding carboxylic acids is 1. The molecule has 1 amide bonds. The lowest BCUT2D eigenvalue weighted by atomic mass is 10.1. The summed E-state index contributed by atoms with van der Waals surface area (Å²) in [7, 11) is 3.39. The Labute approximate surface area is 148 Å². The molecular weight excluding hydrogens is 350 g/mol. The van der Waals surface area contributed by atoms with Crippen molar-refractivity contribution >= 4 is 5.91 Å². The van der Waals surface area contributed by atoms with E-state index in [1.54, 1.807) is 31.2 Å². The van der Waals surface area contributed by atoms with Crippen LogP contribution < -0.4 is 24.8 Å². The van der Waals surface area contributed by atoms with Gasteiger partial charge in [0.15, 0.2) is 11.5 Å². The van der Waals surface area contributed by atoms with Gasteiger partial charge in [-0.05, 0) is 13.1 Å². The number of nitrogens with one attached hydrogen (secondary N) is 2. The van der Waals surface area contributed by atoms with Crippen LogP contribution >= 0.6 is 0 Å². The quantitative estimate of drug-likeness (QED) is 0.767. The van der Waals surface area contributed by atoms with E-state index in [-0.39, 0.29) is 25.0 Å². The van der Waals surface area contributed by atoms with Gasteiger partial charge < -0.3 is 24.8 Å². The van der Waals surface area contributed by atoms with Crippen molar-refractivity contribution in [1.29, 1.82) is 0 Å². The fraction of sp³-hybridized carbons (Fsp3) is 0.375. The lowest BCUT2D eigenvalue weighted by Gasteiger charge is -2.16. The van der Waals surface area contributed by atoms with Gasteiger partial charge in [-0.1, -0.05) is 0 Å². The summed E-state index contributed by atoms with van der Waals surface area (Å²) in [6.45, 7) is -3.01. The minimum Gasteiger partial charge on any atom is -0.454 e. The van der Waals surface area contributed by atoms with Crippen molar-refractivity contribution < 1.29 is 27.8 Å². The number of hydrogen-bond acceptors (Lipinski definition) is 6. The van der Waals surface area contributed by atoms with Gasteiger partial charge in [0.25, 0.3) is 0 Å². The molecule has 1 unspecified atom stereocenters. The molecule has 0 bridgehead atoms. The van der Waals surface area contributed by atoms with Gasteiger partial charge in [0, 0.05) is 37.0 Å². The van der Waals surface area contributed by atoms with Gasteiger partial charge in [0.2, 0.25) is 12.7 Å². The molecule has 0 saturated heterocycles. The lowest BCUT2D eigenvalue weighted by Crippen LogP contribution is -2.35. The second-order valence-corrected chi connectivity index (χ2v) is 5.58. The van der Waals surface area contributed by atoms with Crippen LogP contribution in [-0.2, 0) is 18.4 Å². The maximum absolute atomic E-state index is 12.7. The predicted molar refractivity (Wildman–Crippen MR) is 86.1 cm³/mol. The highest BCUT2D eigenvalue weighted by molar-refractivity contribution is 5.83. The summed E-state index contributed by atoms with van der Waals surface area (Å²) < 4.78 is 41.8. The highest BCUT2D eigenvalue weighted by Crippen LogP contribution is 2.38. The lowest BCUT2D eigenvalue weighted by molar-refractivity contribution is -0.123. The molecule has 10 heteroatoms. The monoisotopic (exact) mass is 368 g/mol. The summed E-state index contributed by atoms with van der Waals surface area (Å²) >= 11 is 0. The first-order chi connectivity index (χ1) is 12.5. The number of aromatic nitrogens is 2. The Balaban J connectivity index is 1.74. The molecule has 2 heterocycles. The van der Waals surface area contributed by atoms with Gasteiger partial charge in [-0.2, -0.15) is 13.9 Å². The zero-order chi connectivity index (χ0) is 18.7. The average Bonchev–Trinajstić information content (AvgIpc) is 3.21. The first-order valence-corrected chi connectivity index (χ1v) is 7.78. The molecular formula is C16H18F2N4O4. The predicted octanol–water partition coefficient (Wildman–Crippen LogP) is 1.33. The maximum Gasteiger partial charge on any atom is 0.387 e. The van der Waals surface area contributed by atoms with E-state index >= 15 is 0 Å². The molecule has 1 aromatic heterocycles. The molecule has 2 aromatic rings. The number of fused-ring (bicyclic) bond motifs is 1. The number of alkyl halides is 2. The Bertz CT molecular complexity index is 797. The number of benzene rings is 1. The van der Waals surface area contributed by atoms with Crippen LogP contribution in [0.25, 0.3) is 0 Å². The number of rotatable bonds is 7. The van der Waals surface area contributed by atoms with E-state index in [1.165, 1.54) is 12.1 Å². The number of aryl methyl sites for hydroxylation is 1. The van der Waals surface area contributed by atoms with Crippen LogP contribution in [0.2, 0.25) is 0 Å². The third-order valence-corrected chi connectivity index (χ3v) is 3.83. The van der Waals surface area contributed by atoms with Crippen molar-refractivity contribution in [2.75, 3.05) is 13.8 Å². The van der Waals surface area contributed by atoms with Crippen LogP contribution in [0.4, 0.5) is 8.78 Å². The second kappa shape index (κ2) is 7.56. The molecule has 26 heavy (non-hydrogen) atoms. The standard InChI is InChI=1S/C16H18F2N4O4/c1-19-14(10-6-21-22(2)7-10)15(23)20-5-9-3-12-13(25-8-24-12)4-11(9)26-16(17)18/h3-4,6-7,14,16,19H,5,8H2,1-2H3,(H,20,23). The number of nitrogens with zero attached hydrogens (tertiary/aromatic N) is 2. The van der Waals surface area contributed by atoms with Gasteiger partial charge in [-0.25, -0.2) is 0 Å². The van der Waals surface area contributed by atoms with Crippen molar-refractivity contribution in [3.8, 4) is 17.2 Å². The molecule has 0 saturated carbocycles. The van der Waals surface area contributed by atoms with E-state index in [2.05, 4.69) is 20.5 Å². The molecule has 1 aromatic carbocycles. The number of amides is 1. The largest absolute Gasteiger partial charge is 0.454 e. The smallest absolute Gasteiger partial charge is 0.387 e. The first-order valence-electron chi connectivity index (χ1n) is 7.78. The molecule has 140 valence electrons. The molecule has 0 fully saturated rings. The summed E-state index contributed by atoms with van der Waals surface area (Å²) in [4.78, 5) is 12.5. The summed E-state index contributed by atoms with van der Waals surface area (Å²) in [6.07, 6.45) is 3.29. The molecule has 0 spiro atoms. The molecule has 0 aliphatic carbocycles. The number of hydrogen-bond donors (Lipinski definition) is 2. The summed E-state index contributed by atoms with van der Waals surface area (Å²) in [5.74, 6) is 0.320. The van der Waals surface area contributed by atoms with Crippen LogP contribution in [0, 0.1) is 0 Å². The van der Waals surface area contributed by atoms with Gasteiger partial charge >= 0.3 is 6.61 Å². The molecule has 2 N–H and O–H groups in total. The van der Waals surface area contributed by atoms with E-state index in [9.17, 15) is 13.6 Å². The molecule has 0 radical (unpaired) electrons. The van der Waals surface area contributed by atoms with E-state index in [1.807, 2.05) is 0 Å². The van der Waals surface area contributed by atoms with Crippen molar-refractivity contribution in [3.05, 3.63) is 35.7 Å². The average molecular weight is 368 g/mol. The second-order valence-electron chi connectivity index (χ2n) is 5.58. The van der Waals surface area contributed by atoms with E-state index in [0.29, 0.717) is 22.6 Å². The Morgan fingerprint density at radius 3 is 2.73 bits per heavy atom. The van der Waals surface area contributed by atoms with Crippen LogP contribution in [0.3, 0.4) is 0 Å². The van der Waals surface area contributed by atoms with Gasteiger partial charge in [-0.3, -0.25) is 9.48 Å². The van der Waals surface area contributed by atoms with Crippen molar-refractivity contribution in [3.63, 3.8) is 0 Å². The van der Waals surface area contributed by atoms with Crippen LogP contribution in [0.5, 0.6) is 17.2 Å². The Morgan fingerprint density at radius 1 is 1.38 bits per heavy atom. The minimum absolute atomic E-state index is 0.00208. The van der Waals surface area contributed by atoms with Crippen molar-refractivity contribution in [1.82, 2.24) is 20.4 Å². The van der Waals surface area contributed by atoms with Crippen LogP contribution in [0.1, 0.15) is 17.2 Å². The Morgan fingerprint density at radius 2 is 2.12 bits per heavy atom. The normalized spacial score (nSPS) is 13.7. The third kappa shape index (κ3) is 3.85. The SMILES string of the molecule is CNC(C(=O)NCc1cc2c(cc1OC(F)F)OCO2)c1cnn(C)c1. The number of ether oxygens (including phenoxy) is 3. The number of likely N-dealkylation sites (N-methyl/N-ethyl adjacent to an activating group) is 1. The zero-order valence-electron chi connectivity index (χ0n) is 14.2. The molecule has 8 nitrogen and oxygen atoms in total.